The first-order chi connectivity index (χ1) is 14.2. The Hall–Kier alpha value is -3.24. The van der Waals surface area contributed by atoms with Crippen molar-refractivity contribution in [3.05, 3.63) is 96.2 Å². The van der Waals surface area contributed by atoms with Gasteiger partial charge in [-0.1, -0.05) is 36.9 Å². The molecule has 4 heteroatoms. The average Bonchev–Trinajstić information content (AvgIpc) is 2.75. The Labute approximate surface area is 172 Å². The molecule has 1 aliphatic heterocycles. The highest BCUT2D eigenvalue weighted by Gasteiger charge is 2.07. The van der Waals surface area contributed by atoms with Crippen LogP contribution in [0.25, 0.3) is 16.7 Å². The van der Waals surface area contributed by atoms with Crippen LogP contribution in [0.5, 0.6) is 0 Å². The van der Waals surface area contributed by atoms with Crippen molar-refractivity contribution >= 4 is 11.3 Å². The maximum Gasteiger partial charge on any atom is 0.0661 e. The molecule has 0 atom stereocenters. The summed E-state index contributed by atoms with van der Waals surface area (Å²) in [4.78, 5) is 8.87. The molecule has 1 aliphatic rings. The van der Waals surface area contributed by atoms with Crippen molar-refractivity contribution in [3.63, 3.8) is 0 Å². The Morgan fingerprint density at radius 1 is 1.07 bits per heavy atom. The van der Waals surface area contributed by atoms with Crippen LogP contribution in [0.4, 0.5) is 5.69 Å². The molecule has 3 aromatic rings. The molecular weight excluding hydrogens is 356 g/mol. The second-order valence-electron chi connectivity index (χ2n) is 7.40. The second kappa shape index (κ2) is 8.84. The smallest absolute Gasteiger partial charge is 0.0661 e. The molecular formula is C25H26N4. The summed E-state index contributed by atoms with van der Waals surface area (Å²) < 4.78 is 0. The zero-order valence-corrected chi connectivity index (χ0v) is 16.8. The van der Waals surface area contributed by atoms with Gasteiger partial charge in [0.25, 0.3) is 0 Å². The third-order valence-electron chi connectivity index (χ3n) is 5.08. The highest BCUT2D eigenvalue weighted by atomic mass is 14.9. The Morgan fingerprint density at radius 3 is 2.62 bits per heavy atom. The van der Waals surface area contributed by atoms with Crippen molar-refractivity contribution in [3.8, 4) is 11.1 Å². The second-order valence-corrected chi connectivity index (χ2v) is 7.40. The Balaban J connectivity index is 1.36. The minimum atomic E-state index is 0.772. The quantitative estimate of drug-likeness (QED) is 0.630. The van der Waals surface area contributed by atoms with Gasteiger partial charge in [0, 0.05) is 30.6 Å². The van der Waals surface area contributed by atoms with E-state index in [1.807, 2.05) is 25.4 Å². The number of hydrogen-bond acceptors (Lipinski definition) is 4. The number of aromatic nitrogens is 2. The number of pyridine rings is 2. The van der Waals surface area contributed by atoms with Crippen molar-refractivity contribution in [1.82, 2.24) is 15.3 Å². The van der Waals surface area contributed by atoms with E-state index in [0.29, 0.717) is 0 Å². The molecule has 4 nitrogen and oxygen atoms in total. The summed E-state index contributed by atoms with van der Waals surface area (Å²) in [6.07, 6.45) is 7.76. The minimum absolute atomic E-state index is 0.772. The first kappa shape index (κ1) is 19.1. The van der Waals surface area contributed by atoms with E-state index in [1.54, 1.807) is 0 Å². The topological polar surface area (TPSA) is 49.8 Å². The molecule has 4 rings (SSSR count). The highest BCUT2D eigenvalue weighted by molar-refractivity contribution is 5.65. The number of hydrogen-bond donors (Lipinski definition) is 2. The maximum absolute atomic E-state index is 4.61. The first-order valence-electron chi connectivity index (χ1n) is 10.0. The summed E-state index contributed by atoms with van der Waals surface area (Å²) in [5.74, 6) is 0. The van der Waals surface area contributed by atoms with Crippen LogP contribution >= 0.6 is 0 Å². The van der Waals surface area contributed by atoms with Crippen molar-refractivity contribution in [2.75, 3.05) is 18.4 Å². The summed E-state index contributed by atoms with van der Waals surface area (Å²) in [7, 11) is 0. The lowest BCUT2D eigenvalue weighted by molar-refractivity contribution is 0.737. The van der Waals surface area contributed by atoms with Crippen molar-refractivity contribution in [2.45, 2.75) is 19.8 Å². The van der Waals surface area contributed by atoms with E-state index in [0.717, 1.165) is 48.7 Å². The summed E-state index contributed by atoms with van der Waals surface area (Å²) in [6, 6.07) is 16.9. The molecule has 0 unspecified atom stereocenters. The van der Waals surface area contributed by atoms with Crippen LogP contribution in [0.1, 0.15) is 23.4 Å². The number of nitrogens with zero attached hydrogens (tertiary/aromatic N) is 2. The Kier molecular flexibility index (Phi) is 5.82. The summed E-state index contributed by atoms with van der Waals surface area (Å²) in [6.45, 7) is 8.14. The Morgan fingerprint density at radius 2 is 1.93 bits per heavy atom. The molecule has 0 fully saturated rings. The summed E-state index contributed by atoms with van der Waals surface area (Å²) >= 11 is 0. The van der Waals surface area contributed by atoms with E-state index in [4.69, 9.17) is 0 Å². The molecule has 1 aromatic carbocycles. The Bertz CT molecular complexity index is 1020. The lowest BCUT2D eigenvalue weighted by atomic mass is 10.0. The predicted octanol–water partition coefficient (Wildman–Crippen LogP) is 5.00. The predicted molar refractivity (Wildman–Crippen MR) is 121 cm³/mol. The van der Waals surface area contributed by atoms with Gasteiger partial charge in [0.05, 0.1) is 17.6 Å². The van der Waals surface area contributed by atoms with E-state index in [1.165, 1.54) is 22.3 Å². The van der Waals surface area contributed by atoms with E-state index < -0.39 is 0 Å². The van der Waals surface area contributed by atoms with E-state index in [-0.39, 0.29) is 0 Å². The molecule has 3 heterocycles. The largest absolute Gasteiger partial charge is 0.358 e. The maximum atomic E-state index is 4.61. The van der Waals surface area contributed by atoms with Crippen LogP contribution in [-0.2, 0) is 6.42 Å². The number of nitrogens with one attached hydrogen (secondary N) is 2. The van der Waals surface area contributed by atoms with E-state index in [9.17, 15) is 0 Å². The fraction of sp³-hybridized carbons (Fsp3) is 0.200. The molecule has 29 heavy (non-hydrogen) atoms. The molecule has 146 valence electrons. The third-order valence-corrected chi connectivity index (χ3v) is 5.08. The minimum Gasteiger partial charge on any atom is -0.358 e. The molecule has 0 saturated carbocycles. The van der Waals surface area contributed by atoms with Gasteiger partial charge in [0.1, 0.15) is 0 Å². The zero-order valence-electron chi connectivity index (χ0n) is 16.8. The lowest BCUT2D eigenvalue weighted by Gasteiger charge is -2.14. The van der Waals surface area contributed by atoms with Crippen molar-refractivity contribution in [1.29, 1.82) is 0 Å². The number of rotatable bonds is 6. The first-order valence-corrected chi connectivity index (χ1v) is 10.0. The molecule has 2 N–H and O–H groups in total. The van der Waals surface area contributed by atoms with Crippen molar-refractivity contribution in [2.24, 2.45) is 0 Å². The molecule has 2 aromatic heterocycles. The molecule has 0 amide bonds. The molecule has 0 spiro atoms. The van der Waals surface area contributed by atoms with Gasteiger partial charge < -0.3 is 10.6 Å². The standard InChI is InChI=1S/C25H26N4/c1-18-16-23(11-14-27-18)21-5-3-20(4-6-21)15-19(2)29-24-7-8-25(28-17-24)22-9-12-26-13-10-22/h3-9,11,14,16-17,26,29H,2,10,12-13,15H2,1H3. The van der Waals surface area contributed by atoms with Gasteiger partial charge in [-0.05, 0) is 66.4 Å². The number of allylic oxidation sites excluding steroid dienone is 1. The van der Waals surface area contributed by atoms with Crippen LogP contribution in [0.3, 0.4) is 0 Å². The van der Waals surface area contributed by atoms with Gasteiger partial charge >= 0.3 is 0 Å². The zero-order chi connectivity index (χ0) is 20.1. The third kappa shape index (κ3) is 4.98. The fourth-order valence-corrected chi connectivity index (χ4v) is 3.55. The molecule has 0 bridgehead atoms. The molecule has 0 radical (unpaired) electrons. The van der Waals surface area contributed by atoms with Gasteiger partial charge in [0.15, 0.2) is 0 Å². The van der Waals surface area contributed by atoms with E-state index >= 15 is 0 Å². The van der Waals surface area contributed by atoms with Crippen LogP contribution in [0.15, 0.2) is 79.3 Å². The number of aryl methyl sites for hydroxylation is 1. The van der Waals surface area contributed by atoms with Crippen LogP contribution < -0.4 is 10.6 Å². The highest BCUT2D eigenvalue weighted by Crippen LogP contribution is 2.22. The summed E-state index contributed by atoms with van der Waals surface area (Å²) in [5.41, 5.74) is 8.94. The van der Waals surface area contributed by atoms with Crippen molar-refractivity contribution < 1.29 is 0 Å². The van der Waals surface area contributed by atoms with Crippen LogP contribution in [0, 0.1) is 6.92 Å². The molecule has 0 saturated heterocycles. The van der Waals surface area contributed by atoms with Crippen LogP contribution in [-0.4, -0.2) is 23.1 Å². The van der Waals surface area contributed by atoms with Gasteiger partial charge in [-0.15, -0.1) is 0 Å². The lowest BCUT2D eigenvalue weighted by Crippen LogP contribution is -2.20. The number of anilines is 1. The van der Waals surface area contributed by atoms with Gasteiger partial charge in [-0.25, -0.2) is 0 Å². The van der Waals surface area contributed by atoms with Crippen LogP contribution in [0.2, 0.25) is 0 Å². The normalized spacial score (nSPS) is 13.6. The summed E-state index contributed by atoms with van der Waals surface area (Å²) in [5, 5.41) is 6.71. The van der Waals surface area contributed by atoms with E-state index in [2.05, 4.69) is 75.7 Å². The fourth-order valence-electron chi connectivity index (χ4n) is 3.55. The van der Waals surface area contributed by atoms with Gasteiger partial charge in [-0.2, -0.15) is 0 Å². The van der Waals surface area contributed by atoms with Gasteiger partial charge in [-0.3, -0.25) is 9.97 Å². The average molecular weight is 383 g/mol. The monoisotopic (exact) mass is 382 g/mol. The SMILES string of the molecule is C=C(Cc1ccc(-c2ccnc(C)c2)cc1)Nc1ccc(C2=CCNCC2)nc1. The van der Waals surface area contributed by atoms with Gasteiger partial charge in [0.2, 0.25) is 0 Å². The molecule has 0 aliphatic carbocycles. The number of benzene rings is 1.